The van der Waals surface area contributed by atoms with Crippen LogP contribution in [0, 0.1) is 0 Å². The number of rotatable bonds is 7. The van der Waals surface area contributed by atoms with Gasteiger partial charge in [0, 0.05) is 59.3 Å². The Morgan fingerprint density at radius 1 is 1.26 bits per heavy atom. The molecular formula is C19H25N5O3. The Hall–Kier alpha value is -2.87. The summed E-state index contributed by atoms with van der Waals surface area (Å²) in [4.78, 5) is 32.9. The summed E-state index contributed by atoms with van der Waals surface area (Å²) in [6.45, 7) is 2.61. The van der Waals surface area contributed by atoms with E-state index in [1.165, 1.54) is 0 Å². The number of hydrogen-bond acceptors (Lipinski definition) is 5. The topological polar surface area (TPSA) is 79.7 Å². The highest BCUT2D eigenvalue weighted by molar-refractivity contribution is 5.96. The third-order valence-corrected chi connectivity index (χ3v) is 4.57. The number of fused-ring (bicyclic) bond motifs is 1. The third-order valence-electron chi connectivity index (χ3n) is 4.57. The van der Waals surface area contributed by atoms with Crippen LogP contribution in [0.25, 0.3) is 0 Å². The molecule has 3 rings (SSSR count). The van der Waals surface area contributed by atoms with E-state index >= 15 is 0 Å². The van der Waals surface area contributed by atoms with Crippen molar-refractivity contribution in [2.24, 2.45) is 0 Å². The number of amides is 2. The predicted octanol–water partition coefficient (Wildman–Crippen LogP) is 0.981. The fraction of sp³-hybridized carbons (Fsp3) is 0.421. The van der Waals surface area contributed by atoms with E-state index in [0.717, 1.165) is 11.3 Å². The smallest absolute Gasteiger partial charge is 0.290 e. The minimum absolute atomic E-state index is 0.170. The third kappa shape index (κ3) is 4.28. The Balaban J connectivity index is 1.62. The fourth-order valence-electron chi connectivity index (χ4n) is 2.94. The quantitative estimate of drug-likeness (QED) is 0.785. The number of carbonyl (C=O) groups is 2. The van der Waals surface area contributed by atoms with Crippen LogP contribution in [0.1, 0.15) is 26.7 Å². The monoisotopic (exact) mass is 371 g/mol. The molecule has 144 valence electrons. The SMILES string of the molecule is COCCN1CCn2cc(C(=O)NCc3ccc(N(C)C)cc3)nc2C1=O. The van der Waals surface area contributed by atoms with Crippen molar-refractivity contribution in [3.05, 3.63) is 47.5 Å². The first-order valence-electron chi connectivity index (χ1n) is 8.89. The number of benzene rings is 1. The van der Waals surface area contributed by atoms with E-state index in [9.17, 15) is 9.59 Å². The highest BCUT2D eigenvalue weighted by Crippen LogP contribution is 2.14. The number of anilines is 1. The minimum atomic E-state index is -0.287. The Morgan fingerprint density at radius 3 is 2.67 bits per heavy atom. The number of imidazole rings is 1. The van der Waals surface area contributed by atoms with Crippen molar-refractivity contribution >= 4 is 17.5 Å². The molecule has 0 spiro atoms. The number of ether oxygens (including phenoxy) is 1. The molecule has 0 bridgehead atoms. The van der Waals surface area contributed by atoms with E-state index in [0.29, 0.717) is 38.6 Å². The summed E-state index contributed by atoms with van der Waals surface area (Å²) < 4.78 is 6.77. The molecule has 2 heterocycles. The van der Waals surface area contributed by atoms with Gasteiger partial charge in [0.15, 0.2) is 5.82 Å². The van der Waals surface area contributed by atoms with Gasteiger partial charge in [-0.15, -0.1) is 0 Å². The molecule has 8 heteroatoms. The minimum Gasteiger partial charge on any atom is -0.383 e. The van der Waals surface area contributed by atoms with Crippen LogP contribution in [-0.2, 0) is 17.8 Å². The number of nitrogens with zero attached hydrogens (tertiary/aromatic N) is 4. The van der Waals surface area contributed by atoms with Gasteiger partial charge in [-0.05, 0) is 17.7 Å². The van der Waals surface area contributed by atoms with Crippen LogP contribution in [0.4, 0.5) is 5.69 Å². The molecule has 27 heavy (non-hydrogen) atoms. The molecule has 0 atom stereocenters. The van der Waals surface area contributed by atoms with Gasteiger partial charge < -0.3 is 24.4 Å². The van der Waals surface area contributed by atoms with Crippen molar-refractivity contribution in [3.63, 3.8) is 0 Å². The molecule has 8 nitrogen and oxygen atoms in total. The molecular weight excluding hydrogens is 346 g/mol. The largest absolute Gasteiger partial charge is 0.383 e. The first-order chi connectivity index (χ1) is 13.0. The van der Waals surface area contributed by atoms with Gasteiger partial charge in [-0.1, -0.05) is 12.1 Å². The van der Waals surface area contributed by atoms with Gasteiger partial charge in [-0.25, -0.2) is 4.98 Å². The van der Waals surface area contributed by atoms with Crippen LogP contribution in [0.5, 0.6) is 0 Å². The second kappa shape index (κ2) is 8.22. The summed E-state index contributed by atoms with van der Waals surface area (Å²) in [5.74, 6) is -0.153. The molecule has 2 aromatic rings. The second-order valence-corrected chi connectivity index (χ2v) is 6.67. The highest BCUT2D eigenvalue weighted by atomic mass is 16.5. The molecule has 0 fully saturated rings. The summed E-state index contributed by atoms with van der Waals surface area (Å²) >= 11 is 0. The number of carbonyl (C=O) groups excluding carboxylic acids is 2. The maximum Gasteiger partial charge on any atom is 0.290 e. The fourth-order valence-corrected chi connectivity index (χ4v) is 2.94. The van der Waals surface area contributed by atoms with Crippen molar-refractivity contribution < 1.29 is 14.3 Å². The van der Waals surface area contributed by atoms with E-state index in [4.69, 9.17) is 4.74 Å². The van der Waals surface area contributed by atoms with E-state index in [-0.39, 0.29) is 17.5 Å². The summed E-state index contributed by atoms with van der Waals surface area (Å²) in [5, 5.41) is 2.86. The predicted molar refractivity (Wildman–Crippen MR) is 102 cm³/mol. The van der Waals surface area contributed by atoms with Crippen LogP contribution in [0.3, 0.4) is 0 Å². The van der Waals surface area contributed by atoms with E-state index in [1.807, 2.05) is 43.3 Å². The van der Waals surface area contributed by atoms with Crippen molar-refractivity contribution in [1.82, 2.24) is 19.8 Å². The van der Waals surface area contributed by atoms with E-state index < -0.39 is 0 Å². The van der Waals surface area contributed by atoms with Gasteiger partial charge in [0.05, 0.1) is 6.61 Å². The van der Waals surface area contributed by atoms with Crippen LogP contribution < -0.4 is 10.2 Å². The Morgan fingerprint density at radius 2 is 2.00 bits per heavy atom. The Kier molecular flexibility index (Phi) is 5.75. The average molecular weight is 371 g/mol. The lowest BCUT2D eigenvalue weighted by atomic mass is 10.2. The second-order valence-electron chi connectivity index (χ2n) is 6.67. The van der Waals surface area contributed by atoms with Gasteiger partial charge >= 0.3 is 0 Å². The molecule has 0 aliphatic carbocycles. The highest BCUT2D eigenvalue weighted by Gasteiger charge is 2.27. The maximum absolute atomic E-state index is 12.5. The Labute approximate surface area is 158 Å². The zero-order valence-corrected chi connectivity index (χ0v) is 15.9. The summed E-state index contributed by atoms with van der Waals surface area (Å²) in [6.07, 6.45) is 1.64. The summed E-state index contributed by atoms with van der Waals surface area (Å²) in [5.41, 5.74) is 2.36. The van der Waals surface area contributed by atoms with Crippen LogP contribution in [0.2, 0.25) is 0 Å². The van der Waals surface area contributed by atoms with Crippen molar-refractivity contribution in [1.29, 1.82) is 0 Å². The van der Waals surface area contributed by atoms with Gasteiger partial charge in [-0.3, -0.25) is 9.59 Å². The number of nitrogens with one attached hydrogen (secondary N) is 1. The molecule has 1 aliphatic heterocycles. The molecule has 1 aromatic carbocycles. The average Bonchev–Trinajstić information content (AvgIpc) is 3.11. The summed E-state index contributed by atoms with van der Waals surface area (Å²) in [6, 6.07) is 7.96. The summed E-state index contributed by atoms with van der Waals surface area (Å²) in [7, 11) is 5.57. The normalized spacial score (nSPS) is 13.4. The van der Waals surface area contributed by atoms with Gasteiger partial charge in [-0.2, -0.15) is 0 Å². The molecule has 0 saturated heterocycles. The van der Waals surface area contributed by atoms with Crippen molar-refractivity contribution in [2.45, 2.75) is 13.1 Å². The Bertz CT molecular complexity index is 813. The molecule has 0 unspecified atom stereocenters. The van der Waals surface area contributed by atoms with Crippen LogP contribution in [-0.4, -0.2) is 67.2 Å². The number of hydrogen-bond donors (Lipinski definition) is 1. The lowest BCUT2D eigenvalue weighted by molar-refractivity contribution is 0.0633. The van der Waals surface area contributed by atoms with Crippen molar-refractivity contribution in [2.75, 3.05) is 45.8 Å². The molecule has 1 aromatic heterocycles. The first-order valence-corrected chi connectivity index (χ1v) is 8.89. The van der Waals surface area contributed by atoms with Crippen LogP contribution in [0.15, 0.2) is 30.5 Å². The zero-order chi connectivity index (χ0) is 19.4. The molecule has 1 aliphatic rings. The molecule has 1 N–H and O–H groups in total. The lowest BCUT2D eigenvalue weighted by Gasteiger charge is -2.26. The maximum atomic E-state index is 12.5. The first kappa shape index (κ1) is 18.9. The standard InChI is InChI=1S/C19H25N5O3/c1-22(2)15-6-4-14(5-7-15)12-20-18(25)16-13-24-9-8-23(10-11-27-3)19(26)17(24)21-16/h4-7,13H,8-12H2,1-3H3,(H,20,25). The van der Waals surface area contributed by atoms with Gasteiger partial charge in [0.1, 0.15) is 5.69 Å². The molecule has 0 radical (unpaired) electrons. The molecule has 2 amide bonds. The van der Waals surface area contributed by atoms with E-state index in [1.54, 1.807) is 22.8 Å². The van der Waals surface area contributed by atoms with Crippen molar-refractivity contribution in [3.8, 4) is 0 Å². The number of methoxy groups -OCH3 is 1. The van der Waals surface area contributed by atoms with Gasteiger partial charge in [0.2, 0.25) is 0 Å². The van der Waals surface area contributed by atoms with Crippen LogP contribution >= 0.6 is 0 Å². The lowest BCUT2D eigenvalue weighted by Crippen LogP contribution is -2.42. The molecule has 0 saturated carbocycles. The van der Waals surface area contributed by atoms with E-state index in [2.05, 4.69) is 10.3 Å². The number of aromatic nitrogens is 2. The van der Waals surface area contributed by atoms with Gasteiger partial charge in [0.25, 0.3) is 11.8 Å². The zero-order valence-electron chi connectivity index (χ0n) is 15.9.